The van der Waals surface area contributed by atoms with Crippen molar-refractivity contribution in [2.24, 2.45) is 0 Å². The van der Waals surface area contributed by atoms with Gasteiger partial charge in [0, 0.05) is 12.1 Å². The highest BCUT2D eigenvalue weighted by Gasteiger charge is 2.11. The number of carbonyl (C=O) groups excluding carboxylic acids is 1. The molecule has 0 bridgehead atoms. The molecule has 22 heavy (non-hydrogen) atoms. The van der Waals surface area contributed by atoms with Crippen LogP contribution in [0.2, 0.25) is 0 Å². The number of nitrogens with one attached hydrogen (secondary N) is 1. The number of amides is 1. The van der Waals surface area contributed by atoms with Crippen molar-refractivity contribution in [2.45, 2.75) is 5.03 Å². The summed E-state index contributed by atoms with van der Waals surface area (Å²) in [4.78, 5) is 16.1. The topological polar surface area (TPSA) is 68.9 Å². The van der Waals surface area contributed by atoms with E-state index in [9.17, 15) is 14.4 Å². The van der Waals surface area contributed by atoms with E-state index >= 15 is 0 Å². The van der Waals surface area contributed by atoms with E-state index in [0.717, 1.165) is 11.8 Å². The van der Waals surface area contributed by atoms with Gasteiger partial charge in [-0.15, -0.1) is 0 Å². The van der Waals surface area contributed by atoms with E-state index in [4.69, 9.17) is 0 Å². The van der Waals surface area contributed by atoms with Crippen LogP contribution in [0, 0.1) is 11.0 Å². The van der Waals surface area contributed by atoms with Crippen molar-refractivity contribution in [3.8, 4) is 0 Å². The molecule has 0 aliphatic rings. The lowest BCUT2D eigenvalue weighted by molar-refractivity contribution is -0.645. The van der Waals surface area contributed by atoms with Gasteiger partial charge in [0.2, 0.25) is 5.91 Å². The highest BCUT2D eigenvalue weighted by molar-refractivity contribution is 7.99. The number of halogens is 1. The van der Waals surface area contributed by atoms with Crippen LogP contribution >= 0.6 is 23.1 Å². The molecule has 1 amide bonds. The molecule has 0 aliphatic heterocycles. The minimum absolute atomic E-state index is 0.0938. The summed E-state index contributed by atoms with van der Waals surface area (Å²) in [5, 5.41) is 15.0. The number of nitrogens with zero attached hydrogens (tertiary/aromatic N) is 2. The van der Waals surface area contributed by atoms with Crippen LogP contribution in [0.1, 0.15) is 0 Å². The highest BCUT2D eigenvalue weighted by atomic mass is 32.2. The minimum atomic E-state index is -0.339. The number of hydrogen-bond donors (Lipinski definition) is 1. The average molecular weight is 335 g/mol. The molecule has 3 rings (SSSR count). The van der Waals surface area contributed by atoms with Gasteiger partial charge in [0.1, 0.15) is 5.82 Å². The van der Waals surface area contributed by atoms with Gasteiger partial charge < -0.3 is 10.5 Å². The first kappa shape index (κ1) is 14.7. The van der Waals surface area contributed by atoms with E-state index in [1.807, 2.05) is 0 Å². The number of anilines is 1. The monoisotopic (exact) mass is 335 g/mol. The van der Waals surface area contributed by atoms with Gasteiger partial charge in [0.15, 0.2) is 11.3 Å². The molecule has 0 fully saturated rings. The minimum Gasteiger partial charge on any atom is -0.618 e. The summed E-state index contributed by atoms with van der Waals surface area (Å²) in [7, 11) is 0. The third-order valence-corrected chi connectivity index (χ3v) is 4.69. The molecule has 2 aromatic heterocycles. The Morgan fingerprint density at radius 2 is 2.27 bits per heavy atom. The third kappa shape index (κ3) is 3.34. The number of aromatic nitrogens is 2. The zero-order valence-corrected chi connectivity index (χ0v) is 12.8. The van der Waals surface area contributed by atoms with Crippen LogP contribution in [-0.4, -0.2) is 16.6 Å². The molecule has 112 valence electrons. The molecule has 0 spiro atoms. The van der Waals surface area contributed by atoms with Crippen LogP contribution in [0.5, 0.6) is 0 Å². The molecule has 0 aliphatic carbocycles. The van der Waals surface area contributed by atoms with Crippen molar-refractivity contribution in [1.82, 2.24) is 4.98 Å². The van der Waals surface area contributed by atoms with Crippen LogP contribution in [0.15, 0.2) is 47.6 Å². The summed E-state index contributed by atoms with van der Waals surface area (Å²) in [5.41, 5.74) is 0.634. The van der Waals surface area contributed by atoms with Gasteiger partial charge in [-0.3, -0.25) is 4.79 Å². The smallest absolute Gasteiger partial charge is 0.251 e. The Kier molecular flexibility index (Phi) is 4.21. The van der Waals surface area contributed by atoms with Gasteiger partial charge >= 0.3 is 0 Å². The third-order valence-electron chi connectivity index (χ3n) is 2.74. The van der Waals surface area contributed by atoms with Gasteiger partial charge in [-0.1, -0.05) is 11.3 Å². The molecule has 0 unspecified atom stereocenters. The first-order chi connectivity index (χ1) is 10.6. The maximum atomic E-state index is 13.1. The van der Waals surface area contributed by atoms with Gasteiger partial charge in [-0.2, -0.15) is 4.73 Å². The van der Waals surface area contributed by atoms with E-state index in [0.29, 0.717) is 25.1 Å². The Labute approximate surface area is 133 Å². The lowest BCUT2D eigenvalue weighted by Crippen LogP contribution is -2.28. The van der Waals surface area contributed by atoms with Crippen molar-refractivity contribution in [2.75, 3.05) is 11.1 Å². The number of rotatable bonds is 4. The predicted molar refractivity (Wildman–Crippen MR) is 84.3 cm³/mol. The Balaban J connectivity index is 1.64. The fourth-order valence-corrected chi connectivity index (χ4v) is 3.39. The number of thioether (sulfide) groups is 1. The molecular formula is C14H10FN3O2S2. The van der Waals surface area contributed by atoms with E-state index in [2.05, 4.69) is 10.3 Å². The van der Waals surface area contributed by atoms with Gasteiger partial charge in [-0.25, -0.2) is 9.37 Å². The Morgan fingerprint density at radius 3 is 3.09 bits per heavy atom. The van der Waals surface area contributed by atoms with Crippen molar-refractivity contribution >= 4 is 44.4 Å². The Hall–Kier alpha value is -2.19. The van der Waals surface area contributed by atoms with E-state index in [-0.39, 0.29) is 17.5 Å². The number of pyridine rings is 1. The van der Waals surface area contributed by atoms with Gasteiger partial charge in [-0.05, 0) is 36.0 Å². The molecule has 1 N–H and O–H groups in total. The molecule has 0 atom stereocenters. The van der Waals surface area contributed by atoms with Crippen molar-refractivity contribution in [1.29, 1.82) is 0 Å². The zero-order chi connectivity index (χ0) is 15.5. The summed E-state index contributed by atoms with van der Waals surface area (Å²) in [5.74, 6) is -0.515. The summed E-state index contributed by atoms with van der Waals surface area (Å²) in [6.45, 7) is 0. The highest BCUT2D eigenvalue weighted by Crippen LogP contribution is 2.26. The first-order valence-corrected chi connectivity index (χ1v) is 8.09. The SMILES string of the molecule is O=C(CSc1cccc[n+]1[O-])Nc1nc2ccc(F)cc2s1. The second-order valence-corrected chi connectivity index (χ2v) is 6.36. The first-order valence-electron chi connectivity index (χ1n) is 6.29. The number of fused-ring (bicyclic) bond motifs is 1. The van der Waals surface area contributed by atoms with E-state index in [1.165, 1.54) is 29.7 Å². The molecule has 8 heteroatoms. The standard InChI is InChI=1S/C14H10FN3O2S2/c15-9-4-5-10-11(7-9)22-14(16-10)17-12(19)8-21-13-3-1-2-6-18(13)20/h1-7H,8H2,(H,16,17,19). The summed E-state index contributed by atoms with van der Waals surface area (Å²) < 4.78 is 14.5. The van der Waals surface area contributed by atoms with Gasteiger partial charge in [0.05, 0.1) is 16.0 Å². The molecule has 0 radical (unpaired) electrons. The van der Waals surface area contributed by atoms with Crippen LogP contribution in [0.4, 0.5) is 9.52 Å². The molecule has 1 aromatic carbocycles. The summed E-state index contributed by atoms with van der Waals surface area (Å²) >= 11 is 2.34. The quantitative estimate of drug-likeness (QED) is 0.452. The fraction of sp³-hybridized carbons (Fsp3) is 0.0714. The van der Waals surface area contributed by atoms with Crippen LogP contribution in [-0.2, 0) is 4.79 Å². The predicted octanol–water partition coefficient (Wildman–Crippen LogP) is 2.80. The number of thiazole rings is 1. The molecule has 2 heterocycles. The van der Waals surface area contributed by atoms with Crippen LogP contribution < -0.4 is 10.0 Å². The van der Waals surface area contributed by atoms with E-state index in [1.54, 1.807) is 24.3 Å². The fourth-order valence-electron chi connectivity index (χ4n) is 1.77. The largest absolute Gasteiger partial charge is 0.618 e. The zero-order valence-electron chi connectivity index (χ0n) is 11.2. The molecule has 3 aromatic rings. The average Bonchev–Trinajstić information content (AvgIpc) is 2.87. The second kappa shape index (κ2) is 6.29. The number of hydrogen-bond acceptors (Lipinski definition) is 5. The number of carbonyl (C=O) groups is 1. The molecular weight excluding hydrogens is 325 g/mol. The van der Waals surface area contributed by atoms with Crippen LogP contribution in [0.25, 0.3) is 10.2 Å². The number of benzene rings is 1. The lowest BCUT2D eigenvalue weighted by atomic mass is 10.3. The molecule has 0 saturated carbocycles. The van der Waals surface area contributed by atoms with Crippen LogP contribution in [0.3, 0.4) is 0 Å². The maximum Gasteiger partial charge on any atom is 0.251 e. The molecule has 5 nitrogen and oxygen atoms in total. The van der Waals surface area contributed by atoms with Gasteiger partial charge in [0.25, 0.3) is 5.03 Å². The second-order valence-electron chi connectivity index (χ2n) is 4.33. The van der Waals surface area contributed by atoms with Crippen molar-refractivity contribution in [3.63, 3.8) is 0 Å². The Morgan fingerprint density at radius 1 is 1.41 bits per heavy atom. The lowest BCUT2D eigenvalue weighted by Gasteiger charge is -2.03. The van der Waals surface area contributed by atoms with Crippen molar-refractivity contribution in [3.05, 3.63) is 53.6 Å². The maximum absolute atomic E-state index is 13.1. The van der Waals surface area contributed by atoms with E-state index < -0.39 is 0 Å². The summed E-state index contributed by atoms with van der Waals surface area (Å²) in [6.07, 6.45) is 1.38. The normalized spacial score (nSPS) is 10.8. The Bertz CT molecular complexity index is 838. The summed E-state index contributed by atoms with van der Waals surface area (Å²) in [6, 6.07) is 9.27. The molecule has 0 saturated heterocycles. The van der Waals surface area contributed by atoms with Crippen molar-refractivity contribution < 1.29 is 13.9 Å².